The van der Waals surface area contributed by atoms with E-state index < -0.39 is 5.97 Å². The number of ether oxygens (including phenoxy) is 1. The summed E-state index contributed by atoms with van der Waals surface area (Å²) in [6.45, 7) is 1.84. The van der Waals surface area contributed by atoms with Gasteiger partial charge < -0.3 is 4.74 Å². The third-order valence-electron chi connectivity index (χ3n) is 4.76. The smallest absolute Gasteiger partial charge is 0.337 e. The average molecular weight is 385 g/mol. The monoisotopic (exact) mass is 385 g/mol. The van der Waals surface area contributed by atoms with Crippen LogP contribution in [0.2, 0.25) is 0 Å². The molecule has 1 N–H and O–H groups in total. The maximum atomic E-state index is 13.0. The first-order valence-electron chi connectivity index (χ1n) is 9.10. The fourth-order valence-corrected chi connectivity index (χ4v) is 3.23. The van der Waals surface area contributed by atoms with Crippen molar-refractivity contribution in [3.63, 3.8) is 0 Å². The van der Waals surface area contributed by atoms with Crippen LogP contribution in [-0.4, -0.2) is 29.1 Å². The normalized spacial score (nSPS) is 11.2. The highest BCUT2D eigenvalue weighted by Crippen LogP contribution is 2.21. The van der Waals surface area contributed by atoms with Gasteiger partial charge in [-0.05, 0) is 42.6 Å². The first kappa shape index (κ1) is 18.4. The molecule has 0 unspecified atom stereocenters. The van der Waals surface area contributed by atoms with E-state index in [2.05, 4.69) is 14.8 Å². The van der Waals surface area contributed by atoms with E-state index in [1.54, 1.807) is 35.2 Å². The molecule has 0 spiro atoms. The van der Waals surface area contributed by atoms with Crippen LogP contribution in [0.1, 0.15) is 21.6 Å². The second-order valence-electron chi connectivity index (χ2n) is 6.59. The third-order valence-corrected chi connectivity index (χ3v) is 4.76. The summed E-state index contributed by atoms with van der Waals surface area (Å²) in [6, 6.07) is 20.5. The highest BCUT2D eigenvalue weighted by atomic mass is 16.5. The Labute approximate surface area is 167 Å². The van der Waals surface area contributed by atoms with Crippen molar-refractivity contribution in [2.24, 2.45) is 4.99 Å². The van der Waals surface area contributed by atoms with Crippen molar-refractivity contribution >= 4 is 28.6 Å². The molecule has 144 valence electrons. The molecule has 1 heterocycles. The highest BCUT2D eigenvalue weighted by molar-refractivity contribution is 5.91. The van der Waals surface area contributed by atoms with Gasteiger partial charge in [-0.15, -0.1) is 0 Å². The van der Waals surface area contributed by atoms with Crippen molar-refractivity contribution in [3.05, 3.63) is 93.9 Å². The summed E-state index contributed by atoms with van der Waals surface area (Å²) < 4.78 is 6.23. The van der Waals surface area contributed by atoms with Crippen molar-refractivity contribution in [1.29, 1.82) is 0 Å². The van der Waals surface area contributed by atoms with Crippen molar-refractivity contribution < 1.29 is 9.53 Å². The lowest BCUT2D eigenvalue weighted by Crippen LogP contribution is -2.17. The molecule has 29 heavy (non-hydrogen) atoms. The van der Waals surface area contributed by atoms with E-state index in [-0.39, 0.29) is 5.56 Å². The summed E-state index contributed by atoms with van der Waals surface area (Å²) in [4.78, 5) is 28.9. The van der Waals surface area contributed by atoms with Crippen LogP contribution >= 0.6 is 0 Å². The number of hydrogen-bond acceptors (Lipinski definition) is 4. The molecule has 0 bridgehead atoms. The molecule has 0 aliphatic carbocycles. The van der Waals surface area contributed by atoms with Crippen molar-refractivity contribution in [2.75, 3.05) is 7.11 Å². The average Bonchev–Trinajstić information content (AvgIpc) is 3.04. The van der Waals surface area contributed by atoms with Gasteiger partial charge in [0.1, 0.15) is 0 Å². The second-order valence-corrected chi connectivity index (χ2v) is 6.59. The molecular formula is C23H19N3O3. The van der Waals surface area contributed by atoms with Crippen molar-refractivity contribution in [2.45, 2.75) is 6.92 Å². The van der Waals surface area contributed by atoms with Crippen LogP contribution in [-0.2, 0) is 4.74 Å². The van der Waals surface area contributed by atoms with Crippen LogP contribution < -0.4 is 5.56 Å². The van der Waals surface area contributed by atoms with Crippen LogP contribution in [0.5, 0.6) is 0 Å². The minimum atomic E-state index is -0.403. The molecule has 1 aromatic heterocycles. The lowest BCUT2D eigenvalue weighted by Gasteiger charge is -2.06. The fraction of sp³-hybridized carbons (Fsp3) is 0.0870. The third kappa shape index (κ3) is 3.48. The number of rotatable bonds is 4. The zero-order valence-corrected chi connectivity index (χ0v) is 16.0. The minimum Gasteiger partial charge on any atom is -0.465 e. The number of aromatic nitrogens is 2. The first-order valence-corrected chi connectivity index (χ1v) is 9.10. The van der Waals surface area contributed by atoms with Gasteiger partial charge >= 0.3 is 5.97 Å². The number of nitrogens with one attached hydrogen (secondary N) is 1. The Morgan fingerprint density at radius 3 is 2.52 bits per heavy atom. The Kier molecular flexibility index (Phi) is 4.83. The summed E-state index contributed by atoms with van der Waals surface area (Å²) in [5.74, 6) is -0.403. The molecular weight excluding hydrogens is 366 g/mol. The molecule has 0 aliphatic rings. The van der Waals surface area contributed by atoms with E-state index in [0.717, 1.165) is 22.2 Å². The number of aryl methyl sites for hydroxylation is 1. The zero-order chi connectivity index (χ0) is 20.4. The molecule has 0 saturated heterocycles. The van der Waals surface area contributed by atoms with Gasteiger partial charge in [0.25, 0.3) is 5.56 Å². The summed E-state index contributed by atoms with van der Waals surface area (Å²) in [6.07, 6.45) is 1.54. The van der Waals surface area contributed by atoms with E-state index in [0.29, 0.717) is 16.8 Å². The molecule has 0 saturated carbocycles. The topological polar surface area (TPSA) is 76.4 Å². The van der Waals surface area contributed by atoms with Crippen molar-refractivity contribution in [3.8, 4) is 5.69 Å². The standard InChI is InChI=1S/C23H19N3O3/c1-15-20(14-24-18-12-10-17(11-13-18)23(28)29-2)22(27)26(25-15)21-9-5-7-16-6-3-4-8-19(16)21/h3-14,25H,1-2H3. The molecule has 0 aliphatic heterocycles. The van der Waals surface area contributed by atoms with Gasteiger partial charge in [-0.2, -0.15) is 0 Å². The summed E-state index contributed by atoms with van der Waals surface area (Å²) in [5, 5.41) is 5.19. The summed E-state index contributed by atoms with van der Waals surface area (Å²) in [7, 11) is 1.34. The van der Waals surface area contributed by atoms with Crippen LogP contribution in [0.15, 0.2) is 76.5 Å². The minimum absolute atomic E-state index is 0.172. The van der Waals surface area contributed by atoms with E-state index in [1.807, 2.05) is 49.4 Å². The number of esters is 1. The van der Waals surface area contributed by atoms with Gasteiger partial charge in [0.2, 0.25) is 0 Å². The number of nitrogens with zero attached hydrogens (tertiary/aromatic N) is 2. The SMILES string of the molecule is COC(=O)c1ccc(N=Cc2c(C)[nH]n(-c3cccc4ccccc34)c2=O)cc1. The second kappa shape index (κ2) is 7.59. The zero-order valence-electron chi connectivity index (χ0n) is 16.0. The summed E-state index contributed by atoms with van der Waals surface area (Å²) >= 11 is 0. The lowest BCUT2D eigenvalue weighted by atomic mass is 10.1. The van der Waals surface area contributed by atoms with Gasteiger partial charge in [0.05, 0.1) is 29.6 Å². The maximum Gasteiger partial charge on any atom is 0.337 e. The van der Waals surface area contributed by atoms with E-state index in [4.69, 9.17) is 0 Å². The van der Waals surface area contributed by atoms with Gasteiger partial charge in [0, 0.05) is 17.3 Å². The maximum absolute atomic E-state index is 13.0. The Balaban J connectivity index is 1.70. The van der Waals surface area contributed by atoms with Gasteiger partial charge in [0.15, 0.2) is 0 Å². The molecule has 3 aromatic carbocycles. The number of aliphatic imine (C=N–C) groups is 1. The Hall–Kier alpha value is -3.93. The quantitative estimate of drug-likeness (QED) is 0.423. The number of carbonyl (C=O) groups excluding carboxylic acids is 1. The molecule has 0 amide bonds. The number of benzene rings is 3. The number of methoxy groups -OCH3 is 1. The molecule has 0 atom stereocenters. The first-order chi connectivity index (χ1) is 14.1. The highest BCUT2D eigenvalue weighted by Gasteiger charge is 2.12. The van der Waals surface area contributed by atoms with Gasteiger partial charge in [-0.3, -0.25) is 14.9 Å². The molecule has 0 fully saturated rings. The number of carbonyl (C=O) groups is 1. The Bertz CT molecular complexity index is 1280. The van der Waals surface area contributed by atoms with Gasteiger partial charge in [-0.25, -0.2) is 9.48 Å². The number of fused-ring (bicyclic) bond motifs is 1. The van der Waals surface area contributed by atoms with Crippen LogP contribution in [0.4, 0.5) is 5.69 Å². The van der Waals surface area contributed by atoms with Gasteiger partial charge in [-0.1, -0.05) is 36.4 Å². The van der Waals surface area contributed by atoms with E-state index in [9.17, 15) is 9.59 Å². The summed E-state index contributed by atoms with van der Waals surface area (Å²) in [5.41, 5.74) is 2.90. The van der Waals surface area contributed by atoms with Crippen LogP contribution in [0.25, 0.3) is 16.5 Å². The number of H-pyrrole nitrogens is 1. The number of hydrogen-bond donors (Lipinski definition) is 1. The van der Waals surface area contributed by atoms with E-state index >= 15 is 0 Å². The molecule has 6 heteroatoms. The van der Waals surface area contributed by atoms with E-state index in [1.165, 1.54) is 7.11 Å². The largest absolute Gasteiger partial charge is 0.465 e. The van der Waals surface area contributed by atoms with Crippen LogP contribution in [0, 0.1) is 6.92 Å². The van der Waals surface area contributed by atoms with Crippen molar-refractivity contribution in [1.82, 2.24) is 9.78 Å². The fourth-order valence-electron chi connectivity index (χ4n) is 3.23. The lowest BCUT2D eigenvalue weighted by molar-refractivity contribution is 0.0601. The number of aromatic amines is 1. The molecule has 4 rings (SSSR count). The molecule has 6 nitrogen and oxygen atoms in total. The predicted octanol–water partition coefficient (Wildman–Crippen LogP) is 4.16. The predicted molar refractivity (Wildman–Crippen MR) is 114 cm³/mol. The Morgan fingerprint density at radius 2 is 1.76 bits per heavy atom. The van der Waals surface area contributed by atoms with Crippen LogP contribution in [0.3, 0.4) is 0 Å². The molecule has 0 radical (unpaired) electrons. The Morgan fingerprint density at radius 1 is 1.03 bits per heavy atom. The molecule has 4 aromatic rings.